The second-order valence-corrected chi connectivity index (χ2v) is 12.1. The SMILES string of the molecule is CN(C(=O)O)[C@H](C(=O)Nc1ccccc1CC[C@@H]1CN[C@H](C(C)(OC(N)=O)C2CC2)CO1)C(c1ccccc1)c1ccccc1. The number of rotatable bonds is 12. The minimum atomic E-state index is -1.19. The highest BCUT2D eigenvalue weighted by molar-refractivity contribution is 5.98. The highest BCUT2D eigenvalue weighted by Crippen LogP contribution is 2.44. The predicted molar refractivity (Wildman–Crippen MR) is 171 cm³/mol. The second kappa shape index (κ2) is 14.1. The number of nitrogens with zero attached hydrogens (tertiary/aromatic N) is 1. The van der Waals surface area contributed by atoms with E-state index < -0.39 is 35.7 Å². The summed E-state index contributed by atoms with van der Waals surface area (Å²) in [6.07, 6.45) is 1.27. The molecule has 3 amide bonds. The third kappa shape index (κ3) is 7.64. The molecule has 1 heterocycles. The molecule has 1 saturated carbocycles. The Morgan fingerprint density at radius 3 is 2.16 bits per heavy atom. The van der Waals surface area contributed by atoms with E-state index in [-0.39, 0.29) is 18.1 Å². The Hall–Kier alpha value is -4.41. The van der Waals surface area contributed by atoms with Crippen molar-refractivity contribution < 1.29 is 29.0 Å². The number of ether oxygens (including phenoxy) is 2. The zero-order valence-corrected chi connectivity index (χ0v) is 25.7. The van der Waals surface area contributed by atoms with E-state index in [2.05, 4.69) is 10.6 Å². The van der Waals surface area contributed by atoms with Gasteiger partial charge in [-0.15, -0.1) is 0 Å². The van der Waals surface area contributed by atoms with Gasteiger partial charge in [-0.05, 0) is 55.4 Å². The molecule has 3 aromatic rings. The number of amides is 3. The first-order valence-corrected chi connectivity index (χ1v) is 15.4. The number of nitrogens with two attached hydrogens (primary N) is 1. The molecule has 45 heavy (non-hydrogen) atoms. The molecule has 1 saturated heterocycles. The van der Waals surface area contributed by atoms with Crippen molar-refractivity contribution in [1.29, 1.82) is 0 Å². The van der Waals surface area contributed by atoms with E-state index in [1.807, 2.05) is 91.9 Å². The van der Waals surface area contributed by atoms with Crippen LogP contribution < -0.4 is 16.4 Å². The highest BCUT2D eigenvalue weighted by atomic mass is 16.6. The van der Waals surface area contributed by atoms with Crippen molar-refractivity contribution in [3.8, 4) is 0 Å². The molecule has 1 aliphatic carbocycles. The summed E-state index contributed by atoms with van der Waals surface area (Å²) >= 11 is 0. The number of likely N-dealkylation sites (N-methyl/N-ethyl adjacent to an activating group) is 1. The van der Waals surface area contributed by atoms with E-state index >= 15 is 0 Å². The molecule has 2 fully saturated rings. The fourth-order valence-corrected chi connectivity index (χ4v) is 6.42. The number of benzene rings is 3. The number of carbonyl (C=O) groups excluding carboxylic acids is 2. The molecule has 2 aliphatic rings. The average Bonchev–Trinajstić information content (AvgIpc) is 3.90. The number of nitrogens with one attached hydrogen (secondary N) is 2. The van der Waals surface area contributed by atoms with Crippen LogP contribution in [-0.2, 0) is 20.7 Å². The van der Waals surface area contributed by atoms with E-state index in [9.17, 15) is 19.5 Å². The number of carbonyl (C=O) groups is 3. The zero-order valence-electron chi connectivity index (χ0n) is 25.7. The summed E-state index contributed by atoms with van der Waals surface area (Å²) in [5.41, 5.74) is 7.89. The van der Waals surface area contributed by atoms with E-state index in [0.717, 1.165) is 34.4 Å². The van der Waals surface area contributed by atoms with Crippen LogP contribution in [0.25, 0.3) is 0 Å². The van der Waals surface area contributed by atoms with Gasteiger partial charge in [0, 0.05) is 31.1 Å². The molecule has 5 N–H and O–H groups in total. The molecule has 1 unspecified atom stereocenters. The molecule has 0 bridgehead atoms. The van der Waals surface area contributed by atoms with Crippen LogP contribution in [0.4, 0.5) is 15.3 Å². The first kappa shape index (κ1) is 32.0. The van der Waals surface area contributed by atoms with Gasteiger partial charge in [-0.3, -0.25) is 9.69 Å². The average molecular weight is 615 g/mol. The normalized spacial score (nSPS) is 20.1. The maximum atomic E-state index is 14.1. The van der Waals surface area contributed by atoms with Gasteiger partial charge in [-0.2, -0.15) is 0 Å². The summed E-state index contributed by atoms with van der Waals surface area (Å²) in [4.78, 5) is 39.0. The maximum Gasteiger partial charge on any atom is 0.407 e. The maximum absolute atomic E-state index is 14.1. The first-order valence-electron chi connectivity index (χ1n) is 15.4. The van der Waals surface area contributed by atoms with Crippen LogP contribution >= 0.6 is 0 Å². The monoisotopic (exact) mass is 614 g/mol. The highest BCUT2D eigenvalue weighted by Gasteiger charge is 2.51. The first-order chi connectivity index (χ1) is 21.7. The lowest BCUT2D eigenvalue weighted by Gasteiger charge is -2.41. The molecule has 5 rings (SSSR count). The van der Waals surface area contributed by atoms with E-state index in [0.29, 0.717) is 31.7 Å². The molecule has 0 spiro atoms. The minimum Gasteiger partial charge on any atom is -0.465 e. The molecule has 4 atom stereocenters. The van der Waals surface area contributed by atoms with Crippen molar-refractivity contribution in [3.05, 3.63) is 102 Å². The number of anilines is 1. The number of carboxylic acid groups (broad SMARTS) is 1. The number of aryl methyl sites for hydroxylation is 1. The van der Waals surface area contributed by atoms with Crippen LogP contribution in [0.5, 0.6) is 0 Å². The van der Waals surface area contributed by atoms with E-state index in [1.165, 1.54) is 7.05 Å². The summed E-state index contributed by atoms with van der Waals surface area (Å²) in [6.45, 7) is 2.91. The van der Waals surface area contributed by atoms with Crippen molar-refractivity contribution in [3.63, 3.8) is 0 Å². The smallest absolute Gasteiger partial charge is 0.407 e. The third-order valence-electron chi connectivity index (χ3n) is 9.12. The molecule has 238 valence electrons. The van der Waals surface area contributed by atoms with Crippen LogP contribution in [0.3, 0.4) is 0 Å². The number of primary amides is 1. The molecule has 3 aromatic carbocycles. The molecule has 10 nitrogen and oxygen atoms in total. The summed E-state index contributed by atoms with van der Waals surface area (Å²) < 4.78 is 11.8. The minimum absolute atomic E-state index is 0.0755. The fraction of sp³-hybridized carbons (Fsp3) is 0.400. The van der Waals surface area contributed by atoms with Crippen molar-refractivity contribution in [2.75, 3.05) is 25.5 Å². The molecule has 1 aliphatic heterocycles. The number of para-hydroxylation sites is 1. The molecule has 10 heteroatoms. The third-order valence-corrected chi connectivity index (χ3v) is 9.12. The summed E-state index contributed by atoms with van der Waals surface area (Å²) in [7, 11) is 1.43. The van der Waals surface area contributed by atoms with E-state index in [4.69, 9.17) is 15.2 Å². The summed E-state index contributed by atoms with van der Waals surface area (Å²) in [6, 6.07) is 25.4. The molecule has 0 radical (unpaired) electrons. The van der Waals surface area contributed by atoms with Crippen molar-refractivity contribution in [2.45, 2.75) is 62.3 Å². The molecular weight excluding hydrogens is 572 g/mol. The lowest BCUT2D eigenvalue weighted by atomic mass is 9.84. The number of morpholine rings is 1. The van der Waals surface area contributed by atoms with Crippen LogP contribution in [0.2, 0.25) is 0 Å². The van der Waals surface area contributed by atoms with Crippen molar-refractivity contribution >= 4 is 23.8 Å². The Balaban J connectivity index is 1.29. The van der Waals surface area contributed by atoms with E-state index in [1.54, 1.807) is 0 Å². The number of hydrogen-bond donors (Lipinski definition) is 4. The Bertz CT molecular complexity index is 1420. The van der Waals surface area contributed by atoms with Crippen LogP contribution in [0.1, 0.15) is 48.8 Å². The van der Waals surface area contributed by atoms with Gasteiger partial charge in [0.1, 0.15) is 11.6 Å². The Morgan fingerprint density at radius 2 is 1.62 bits per heavy atom. The molecule has 0 aromatic heterocycles. The van der Waals surface area contributed by atoms with Crippen LogP contribution in [0, 0.1) is 5.92 Å². The quantitative estimate of drug-likeness (QED) is 0.225. The predicted octanol–water partition coefficient (Wildman–Crippen LogP) is 4.99. The lowest BCUT2D eigenvalue weighted by molar-refractivity contribution is -0.120. The standard InChI is InChI=1S/C35H42N4O6/c1-35(26-18-19-26,45-33(36)41)29-22-44-27(21-37-29)20-17-23-11-9-10-16-28(23)38-32(40)31(39(2)34(42)43)30(24-12-5-3-6-13-24)25-14-7-4-8-15-25/h3-16,26-27,29-31,37H,17-22H2,1-2H3,(H2,36,41)(H,38,40)(H,42,43)/t27-,29+,31+,35?/m1/s1. The van der Waals surface area contributed by atoms with Crippen LogP contribution in [-0.4, -0.2) is 72.1 Å². The Labute approximate surface area is 263 Å². The largest absolute Gasteiger partial charge is 0.465 e. The van der Waals surface area contributed by atoms with Gasteiger partial charge in [0.2, 0.25) is 5.91 Å². The van der Waals surface area contributed by atoms with Gasteiger partial charge in [0.15, 0.2) is 0 Å². The summed E-state index contributed by atoms with van der Waals surface area (Å²) in [5.74, 6) is -0.682. The van der Waals surface area contributed by atoms with Gasteiger partial charge in [-0.25, -0.2) is 9.59 Å². The lowest BCUT2D eigenvalue weighted by Crippen LogP contribution is -2.60. The van der Waals surface area contributed by atoms with Crippen molar-refractivity contribution in [1.82, 2.24) is 10.2 Å². The summed E-state index contributed by atoms with van der Waals surface area (Å²) in [5, 5.41) is 16.6. The molecular formula is C35H42N4O6. The topological polar surface area (TPSA) is 143 Å². The van der Waals surface area contributed by atoms with Gasteiger partial charge in [0.05, 0.1) is 18.8 Å². The fourth-order valence-electron chi connectivity index (χ4n) is 6.42. The van der Waals surface area contributed by atoms with Gasteiger partial charge >= 0.3 is 12.2 Å². The van der Waals surface area contributed by atoms with Crippen molar-refractivity contribution in [2.24, 2.45) is 11.7 Å². The zero-order chi connectivity index (χ0) is 32.0. The van der Waals surface area contributed by atoms with Gasteiger partial charge in [-0.1, -0.05) is 78.9 Å². The van der Waals surface area contributed by atoms with Gasteiger partial charge < -0.3 is 30.9 Å². The Kier molecular flexibility index (Phi) is 10.0. The Morgan fingerprint density at radius 1 is 1.02 bits per heavy atom. The van der Waals surface area contributed by atoms with Gasteiger partial charge in [0.25, 0.3) is 0 Å². The number of hydrogen-bond acceptors (Lipinski definition) is 6. The second-order valence-electron chi connectivity index (χ2n) is 12.1. The van der Waals surface area contributed by atoms with Crippen LogP contribution in [0.15, 0.2) is 84.9 Å².